The third-order valence-electron chi connectivity index (χ3n) is 4.99. The summed E-state index contributed by atoms with van der Waals surface area (Å²) in [7, 11) is 0. The highest BCUT2D eigenvalue weighted by atomic mass is 32.1. The molecule has 0 aliphatic rings. The minimum atomic E-state index is -0.194. The number of rotatable bonds is 7. The molecule has 4 heterocycles. The lowest BCUT2D eigenvalue weighted by molar-refractivity contribution is 0.267. The number of nitrogens with zero attached hydrogens (tertiary/aromatic N) is 2. The van der Waals surface area contributed by atoms with Crippen molar-refractivity contribution in [2.45, 2.75) is 40.7 Å². The number of H-pyrrole nitrogens is 1. The van der Waals surface area contributed by atoms with Gasteiger partial charge in [-0.25, -0.2) is 4.98 Å². The van der Waals surface area contributed by atoms with Gasteiger partial charge in [-0.05, 0) is 24.3 Å². The van der Waals surface area contributed by atoms with Crippen LogP contribution in [-0.4, -0.2) is 21.1 Å². The first-order chi connectivity index (χ1) is 14.9. The highest BCUT2D eigenvalue weighted by Gasteiger charge is 2.20. The van der Waals surface area contributed by atoms with Gasteiger partial charge in [0.25, 0.3) is 5.56 Å². The molecule has 0 aromatic carbocycles. The number of fused-ring (bicyclic) bond motifs is 1. The Morgan fingerprint density at radius 3 is 2.74 bits per heavy atom. The van der Waals surface area contributed by atoms with E-state index >= 15 is 0 Å². The fourth-order valence-corrected chi connectivity index (χ4v) is 5.46. The van der Waals surface area contributed by atoms with Crippen LogP contribution in [0.2, 0.25) is 0 Å². The largest absolute Gasteiger partial charge is 0.488 e. The van der Waals surface area contributed by atoms with Gasteiger partial charge in [-0.2, -0.15) is 0 Å². The molecule has 0 aliphatic heterocycles. The van der Waals surface area contributed by atoms with Crippen molar-refractivity contribution in [1.82, 2.24) is 14.5 Å². The summed E-state index contributed by atoms with van der Waals surface area (Å²) in [6.07, 6.45) is 2.20. The van der Waals surface area contributed by atoms with Gasteiger partial charge in [0.05, 0.1) is 18.5 Å². The molecular weight excluding hydrogens is 430 g/mol. The Labute approximate surface area is 188 Å². The maximum atomic E-state index is 13.6. The number of aromatic nitrogens is 3. The standard InChI is InChI=1S/C23H25N3O3S2/c1-5-19-25-22-21(20(14(4)31-22)18-7-6-8-30-18)23(28)26(19)11-15-9-16(27)17(10-24-15)29-12-13(2)3/h6-10,13H,5,11-12H2,1-4H3,(H,24,27). The molecule has 6 nitrogen and oxygen atoms in total. The third kappa shape index (κ3) is 4.22. The number of aromatic amines is 1. The van der Waals surface area contributed by atoms with E-state index < -0.39 is 0 Å². The molecule has 0 bridgehead atoms. The highest BCUT2D eigenvalue weighted by molar-refractivity contribution is 7.20. The Kier molecular flexibility index (Phi) is 6.11. The van der Waals surface area contributed by atoms with Crippen LogP contribution in [-0.2, 0) is 13.0 Å². The number of hydrogen-bond donors (Lipinski definition) is 1. The summed E-state index contributed by atoms with van der Waals surface area (Å²) in [4.78, 5) is 36.9. The first-order valence-electron chi connectivity index (χ1n) is 10.3. The molecule has 0 aliphatic carbocycles. The fourth-order valence-electron chi connectivity index (χ4n) is 3.52. The molecule has 4 rings (SSSR count). The maximum Gasteiger partial charge on any atom is 0.263 e. The number of pyridine rings is 1. The molecule has 162 valence electrons. The number of aryl methyl sites for hydroxylation is 2. The monoisotopic (exact) mass is 455 g/mol. The van der Waals surface area contributed by atoms with Crippen molar-refractivity contribution in [3.05, 3.63) is 66.7 Å². The van der Waals surface area contributed by atoms with Crippen LogP contribution in [0, 0.1) is 12.8 Å². The summed E-state index contributed by atoms with van der Waals surface area (Å²) in [6.45, 7) is 8.80. The summed E-state index contributed by atoms with van der Waals surface area (Å²) in [5.74, 6) is 1.33. The van der Waals surface area contributed by atoms with E-state index in [4.69, 9.17) is 9.72 Å². The predicted octanol–water partition coefficient (Wildman–Crippen LogP) is 4.83. The lowest BCUT2D eigenvalue weighted by atomic mass is 10.1. The van der Waals surface area contributed by atoms with E-state index in [1.54, 1.807) is 33.4 Å². The molecule has 0 amide bonds. The summed E-state index contributed by atoms with van der Waals surface area (Å²) in [5, 5.41) is 2.67. The minimum Gasteiger partial charge on any atom is -0.488 e. The number of ether oxygens (including phenoxy) is 1. The average molecular weight is 456 g/mol. The molecule has 1 N–H and O–H groups in total. The van der Waals surface area contributed by atoms with Gasteiger partial charge in [-0.3, -0.25) is 14.2 Å². The van der Waals surface area contributed by atoms with E-state index in [9.17, 15) is 9.59 Å². The van der Waals surface area contributed by atoms with Crippen LogP contribution < -0.4 is 15.7 Å². The Hall–Kier alpha value is -2.71. The Morgan fingerprint density at radius 2 is 2.10 bits per heavy atom. The zero-order chi connectivity index (χ0) is 22.1. The smallest absolute Gasteiger partial charge is 0.263 e. The van der Waals surface area contributed by atoms with E-state index in [0.29, 0.717) is 41.6 Å². The molecule has 0 unspecified atom stereocenters. The van der Waals surface area contributed by atoms with Crippen LogP contribution in [0.5, 0.6) is 5.75 Å². The van der Waals surface area contributed by atoms with Gasteiger partial charge >= 0.3 is 0 Å². The number of hydrogen-bond acceptors (Lipinski definition) is 6. The molecule has 0 fully saturated rings. The normalized spacial score (nSPS) is 11.5. The van der Waals surface area contributed by atoms with E-state index in [-0.39, 0.29) is 17.5 Å². The van der Waals surface area contributed by atoms with Crippen LogP contribution in [0.4, 0.5) is 0 Å². The van der Waals surface area contributed by atoms with Gasteiger partial charge in [0.2, 0.25) is 5.43 Å². The molecule has 4 aromatic heterocycles. The highest BCUT2D eigenvalue weighted by Crippen LogP contribution is 2.38. The molecule has 8 heteroatoms. The molecule has 0 radical (unpaired) electrons. The lowest BCUT2D eigenvalue weighted by Gasteiger charge is -2.13. The number of nitrogens with one attached hydrogen (secondary N) is 1. The molecule has 0 saturated heterocycles. The minimum absolute atomic E-state index is 0.0735. The van der Waals surface area contributed by atoms with Crippen molar-refractivity contribution in [3.8, 4) is 16.2 Å². The maximum absolute atomic E-state index is 13.6. The van der Waals surface area contributed by atoms with Gasteiger partial charge in [0, 0.05) is 39.7 Å². The van der Waals surface area contributed by atoms with Crippen molar-refractivity contribution in [2.24, 2.45) is 5.92 Å². The van der Waals surface area contributed by atoms with E-state index in [0.717, 1.165) is 20.1 Å². The third-order valence-corrected chi connectivity index (χ3v) is 6.87. The number of thiophene rings is 2. The summed E-state index contributed by atoms with van der Waals surface area (Å²) in [6, 6.07) is 5.53. The fraction of sp³-hybridized carbons (Fsp3) is 0.348. The summed E-state index contributed by atoms with van der Waals surface area (Å²) < 4.78 is 7.24. The second kappa shape index (κ2) is 8.80. The van der Waals surface area contributed by atoms with E-state index in [1.807, 2.05) is 45.2 Å². The topological polar surface area (TPSA) is 77.0 Å². The Morgan fingerprint density at radius 1 is 1.29 bits per heavy atom. The Balaban J connectivity index is 1.78. The summed E-state index contributed by atoms with van der Waals surface area (Å²) >= 11 is 3.17. The van der Waals surface area contributed by atoms with Gasteiger partial charge in [-0.1, -0.05) is 26.8 Å². The lowest BCUT2D eigenvalue weighted by Crippen LogP contribution is -2.26. The quantitative estimate of drug-likeness (QED) is 0.433. The first-order valence-corrected chi connectivity index (χ1v) is 12.0. The first kappa shape index (κ1) is 21.5. The molecule has 0 spiro atoms. The van der Waals surface area contributed by atoms with Crippen LogP contribution in [0.3, 0.4) is 0 Å². The van der Waals surface area contributed by atoms with E-state index in [2.05, 4.69) is 4.98 Å². The van der Waals surface area contributed by atoms with Crippen molar-refractivity contribution in [2.75, 3.05) is 6.61 Å². The zero-order valence-electron chi connectivity index (χ0n) is 18.0. The van der Waals surface area contributed by atoms with Crippen LogP contribution in [0.1, 0.15) is 37.2 Å². The van der Waals surface area contributed by atoms with Crippen molar-refractivity contribution < 1.29 is 4.74 Å². The second-order valence-corrected chi connectivity index (χ2v) is 10.0. The summed E-state index contributed by atoms with van der Waals surface area (Å²) in [5.41, 5.74) is 1.34. The van der Waals surface area contributed by atoms with Crippen LogP contribution in [0.15, 0.2) is 39.4 Å². The molecule has 0 atom stereocenters. The Bertz CT molecular complexity index is 1330. The van der Waals surface area contributed by atoms with Gasteiger partial charge in [0.15, 0.2) is 5.75 Å². The van der Waals surface area contributed by atoms with Gasteiger partial charge in [-0.15, -0.1) is 22.7 Å². The van der Waals surface area contributed by atoms with E-state index in [1.165, 1.54) is 6.07 Å². The molecule has 0 saturated carbocycles. The van der Waals surface area contributed by atoms with Crippen LogP contribution in [0.25, 0.3) is 20.7 Å². The second-order valence-electron chi connectivity index (χ2n) is 7.86. The van der Waals surface area contributed by atoms with Crippen LogP contribution >= 0.6 is 22.7 Å². The van der Waals surface area contributed by atoms with Crippen molar-refractivity contribution in [3.63, 3.8) is 0 Å². The SMILES string of the molecule is CCc1nc2sc(C)c(-c3cccs3)c2c(=O)n1Cc1cc(=O)c(OCC(C)C)c[nH]1. The zero-order valence-corrected chi connectivity index (χ0v) is 19.7. The average Bonchev–Trinajstić information content (AvgIpc) is 3.36. The molecular formula is C23H25N3O3S2. The van der Waals surface area contributed by atoms with Gasteiger partial charge in [0.1, 0.15) is 10.7 Å². The van der Waals surface area contributed by atoms with Gasteiger partial charge < -0.3 is 9.72 Å². The molecule has 4 aromatic rings. The molecule has 31 heavy (non-hydrogen) atoms. The van der Waals surface area contributed by atoms with Crippen molar-refractivity contribution in [1.29, 1.82) is 0 Å². The predicted molar refractivity (Wildman–Crippen MR) is 128 cm³/mol. The van der Waals surface area contributed by atoms with Crippen molar-refractivity contribution >= 4 is 32.9 Å².